The number of hydrogen-bond donors (Lipinski definition) is 3. The zero-order valence-electron chi connectivity index (χ0n) is 10.5. The van der Waals surface area contributed by atoms with E-state index in [1.54, 1.807) is 0 Å². The van der Waals surface area contributed by atoms with Crippen LogP contribution in [0.25, 0.3) is 0 Å². The Balaban J connectivity index is 1.74. The lowest BCUT2D eigenvalue weighted by atomic mass is 10.1. The third kappa shape index (κ3) is 4.09. The predicted molar refractivity (Wildman–Crippen MR) is 67.4 cm³/mol. The van der Waals surface area contributed by atoms with Gasteiger partial charge in [0.15, 0.2) is 9.84 Å². The van der Waals surface area contributed by atoms with Gasteiger partial charge in [-0.05, 0) is 31.1 Å². The van der Waals surface area contributed by atoms with E-state index in [1.165, 1.54) is 0 Å². The summed E-state index contributed by atoms with van der Waals surface area (Å²) in [6, 6.07) is -1.38. The van der Waals surface area contributed by atoms with E-state index >= 15 is 0 Å². The normalized spacial score (nSPS) is 26.6. The third-order valence-electron chi connectivity index (χ3n) is 3.52. The molecule has 1 saturated heterocycles. The van der Waals surface area contributed by atoms with Crippen molar-refractivity contribution in [3.63, 3.8) is 0 Å². The van der Waals surface area contributed by atoms with E-state index in [9.17, 15) is 18.0 Å². The fourth-order valence-corrected chi connectivity index (χ4v) is 4.13. The number of urea groups is 1. The number of rotatable bonds is 5. The van der Waals surface area contributed by atoms with Crippen molar-refractivity contribution >= 4 is 21.8 Å². The molecule has 108 valence electrons. The molecule has 2 fully saturated rings. The van der Waals surface area contributed by atoms with Crippen molar-refractivity contribution in [2.24, 2.45) is 11.8 Å². The topological polar surface area (TPSA) is 113 Å². The number of carboxylic acid groups (broad SMARTS) is 1. The van der Waals surface area contributed by atoms with Crippen LogP contribution in [0.4, 0.5) is 4.79 Å². The van der Waals surface area contributed by atoms with Crippen LogP contribution in [0.3, 0.4) is 0 Å². The Morgan fingerprint density at radius 1 is 1.26 bits per heavy atom. The molecule has 1 aliphatic carbocycles. The lowest BCUT2D eigenvalue weighted by molar-refractivity contribution is -0.139. The Labute approximate surface area is 111 Å². The van der Waals surface area contributed by atoms with Crippen LogP contribution in [0.15, 0.2) is 0 Å². The molecule has 2 atom stereocenters. The number of sulfone groups is 1. The maximum atomic E-state index is 11.6. The highest BCUT2D eigenvalue weighted by atomic mass is 32.2. The van der Waals surface area contributed by atoms with Gasteiger partial charge in [-0.15, -0.1) is 0 Å². The van der Waals surface area contributed by atoms with Gasteiger partial charge in [0.2, 0.25) is 0 Å². The van der Waals surface area contributed by atoms with Crippen molar-refractivity contribution in [2.45, 2.75) is 25.3 Å². The van der Waals surface area contributed by atoms with E-state index < -0.39 is 27.9 Å². The molecule has 7 nitrogen and oxygen atoms in total. The average Bonchev–Trinajstić information content (AvgIpc) is 3.08. The second kappa shape index (κ2) is 5.36. The molecule has 0 aromatic rings. The Kier molecular flexibility index (Phi) is 3.98. The first-order chi connectivity index (χ1) is 8.87. The van der Waals surface area contributed by atoms with Crippen LogP contribution in [0.5, 0.6) is 0 Å². The van der Waals surface area contributed by atoms with Crippen molar-refractivity contribution in [1.29, 1.82) is 0 Å². The third-order valence-corrected chi connectivity index (χ3v) is 5.36. The zero-order valence-corrected chi connectivity index (χ0v) is 11.3. The SMILES string of the molecule is O=C(NCC1CCS(=O)(=O)C1)NC(C(=O)O)C1CC1. The van der Waals surface area contributed by atoms with Crippen LogP contribution in [0.2, 0.25) is 0 Å². The number of aliphatic carboxylic acids is 1. The number of amides is 2. The van der Waals surface area contributed by atoms with Gasteiger partial charge in [0, 0.05) is 6.54 Å². The van der Waals surface area contributed by atoms with Gasteiger partial charge in [-0.1, -0.05) is 0 Å². The molecule has 3 N–H and O–H groups in total. The van der Waals surface area contributed by atoms with Gasteiger partial charge < -0.3 is 15.7 Å². The first-order valence-electron chi connectivity index (χ1n) is 6.35. The molecule has 1 heterocycles. The van der Waals surface area contributed by atoms with Gasteiger partial charge >= 0.3 is 12.0 Å². The molecule has 8 heteroatoms. The van der Waals surface area contributed by atoms with E-state index in [1.807, 2.05) is 0 Å². The molecule has 0 spiro atoms. The van der Waals surface area contributed by atoms with Gasteiger partial charge in [-0.25, -0.2) is 18.0 Å². The molecule has 2 amide bonds. The summed E-state index contributed by atoms with van der Waals surface area (Å²) in [4.78, 5) is 22.5. The molecule has 1 aliphatic heterocycles. The van der Waals surface area contributed by atoms with Crippen LogP contribution in [-0.2, 0) is 14.6 Å². The molecule has 1 saturated carbocycles. The molecule has 2 unspecified atom stereocenters. The van der Waals surface area contributed by atoms with Crippen molar-refractivity contribution in [3.05, 3.63) is 0 Å². The highest BCUT2D eigenvalue weighted by Gasteiger charge is 2.37. The molecule has 2 aliphatic rings. The highest BCUT2D eigenvalue weighted by Crippen LogP contribution is 2.32. The van der Waals surface area contributed by atoms with Crippen molar-refractivity contribution in [2.75, 3.05) is 18.1 Å². The van der Waals surface area contributed by atoms with Crippen LogP contribution in [0, 0.1) is 11.8 Å². The van der Waals surface area contributed by atoms with Crippen molar-refractivity contribution in [1.82, 2.24) is 10.6 Å². The fraction of sp³-hybridized carbons (Fsp3) is 0.818. The minimum atomic E-state index is -2.95. The fourth-order valence-electron chi connectivity index (χ4n) is 2.27. The summed E-state index contributed by atoms with van der Waals surface area (Å²) in [5, 5.41) is 13.9. The summed E-state index contributed by atoms with van der Waals surface area (Å²) in [6.45, 7) is 0.266. The van der Waals surface area contributed by atoms with Gasteiger partial charge in [0.25, 0.3) is 0 Å². The van der Waals surface area contributed by atoms with Crippen LogP contribution >= 0.6 is 0 Å². The Hall–Kier alpha value is -1.31. The molecule has 0 bridgehead atoms. The van der Waals surface area contributed by atoms with E-state index in [0.717, 1.165) is 12.8 Å². The second-order valence-electron chi connectivity index (χ2n) is 5.28. The van der Waals surface area contributed by atoms with Crippen LogP contribution in [-0.4, -0.2) is 49.6 Å². The quantitative estimate of drug-likeness (QED) is 0.637. The lowest BCUT2D eigenvalue weighted by Gasteiger charge is -2.15. The molecular weight excluding hydrogens is 272 g/mol. The number of nitrogens with one attached hydrogen (secondary N) is 2. The standard InChI is InChI=1S/C11H18N2O5S/c14-10(15)9(8-1-2-8)13-11(16)12-5-7-3-4-19(17,18)6-7/h7-9H,1-6H2,(H,14,15)(H2,12,13,16). The maximum absolute atomic E-state index is 11.6. The lowest BCUT2D eigenvalue weighted by Crippen LogP contribution is -2.48. The van der Waals surface area contributed by atoms with Crippen LogP contribution in [0.1, 0.15) is 19.3 Å². The van der Waals surface area contributed by atoms with Gasteiger partial charge in [0.1, 0.15) is 6.04 Å². The highest BCUT2D eigenvalue weighted by molar-refractivity contribution is 7.91. The van der Waals surface area contributed by atoms with Crippen molar-refractivity contribution < 1.29 is 23.1 Å². The number of carbonyl (C=O) groups is 2. The van der Waals surface area contributed by atoms with E-state index in [0.29, 0.717) is 6.42 Å². The number of carboxylic acids is 1. The summed E-state index contributed by atoms with van der Waals surface area (Å²) in [5.74, 6) is -0.810. The summed E-state index contributed by atoms with van der Waals surface area (Å²) < 4.78 is 22.5. The Morgan fingerprint density at radius 2 is 1.95 bits per heavy atom. The molecule has 0 aromatic carbocycles. The summed E-state index contributed by atoms with van der Waals surface area (Å²) in [7, 11) is -2.95. The van der Waals surface area contributed by atoms with Crippen LogP contribution < -0.4 is 10.6 Å². The summed E-state index contributed by atoms with van der Waals surface area (Å²) in [6.07, 6.45) is 2.18. The first kappa shape index (κ1) is 14.1. The number of hydrogen-bond acceptors (Lipinski definition) is 4. The Bertz CT molecular complexity index is 471. The molecule has 19 heavy (non-hydrogen) atoms. The largest absolute Gasteiger partial charge is 0.480 e. The molecule has 0 radical (unpaired) electrons. The minimum Gasteiger partial charge on any atom is -0.480 e. The van der Waals surface area contributed by atoms with E-state index in [4.69, 9.17) is 5.11 Å². The van der Waals surface area contributed by atoms with Gasteiger partial charge in [0.05, 0.1) is 11.5 Å². The summed E-state index contributed by atoms with van der Waals surface area (Å²) in [5.41, 5.74) is 0. The molecule has 2 rings (SSSR count). The van der Waals surface area contributed by atoms with Crippen molar-refractivity contribution in [3.8, 4) is 0 Å². The molecule has 0 aromatic heterocycles. The smallest absolute Gasteiger partial charge is 0.326 e. The minimum absolute atomic E-state index is 0.0232. The van der Waals surface area contributed by atoms with E-state index in [2.05, 4.69) is 10.6 Å². The average molecular weight is 290 g/mol. The molecular formula is C11H18N2O5S. The predicted octanol–water partition coefficient (Wildman–Crippen LogP) is -0.416. The summed E-state index contributed by atoms with van der Waals surface area (Å²) >= 11 is 0. The number of carbonyl (C=O) groups excluding carboxylic acids is 1. The monoisotopic (exact) mass is 290 g/mol. The maximum Gasteiger partial charge on any atom is 0.326 e. The Morgan fingerprint density at radius 3 is 2.42 bits per heavy atom. The van der Waals surface area contributed by atoms with Gasteiger partial charge in [-0.3, -0.25) is 0 Å². The van der Waals surface area contributed by atoms with Gasteiger partial charge in [-0.2, -0.15) is 0 Å². The second-order valence-corrected chi connectivity index (χ2v) is 7.51. The first-order valence-corrected chi connectivity index (χ1v) is 8.17. The van der Waals surface area contributed by atoms with E-state index in [-0.39, 0.29) is 29.9 Å². The zero-order chi connectivity index (χ0) is 14.0.